The zero-order valence-electron chi connectivity index (χ0n) is 23.0. The van der Waals surface area contributed by atoms with E-state index in [2.05, 4.69) is 182 Å². The third kappa shape index (κ3) is 5.33. The van der Waals surface area contributed by atoms with Crippen molar-refractivity contribution in [3.05, 3.63) is 198 Å². The predicted octanol–water partition coefficient (Wildman–Crippen LogP) is 8.66. The van der Waals surface area contributed by atoms with Crippen LogP contribution in [0.5, 0.6) is 0 Å². The molecule has 0 atom stereocenters. The van der Waals surface area contributed by atoms with Crippen molar-refractivity contribution >= 4 is 62.5 Å². The summed E-state index contributed by atoms with van der Waals surface area (Å²) >= 11 is 14.4. The molecule has 0 unspecified atom stereocenters. The molecule has 0 fully saturated rings. The number of hydrogen-bond donors (Lipinski definition) is 0. The van der Waals surface area contributed by atoms with Gasteiger partial charge in [-0.2, -0.15) is 0 Å². The summed E-state index contributed by atoms with van der Waals surface area (Å²) < 4.78 is 0. The molecular formula is C38H30P2S2. The molecule has 0 aliphatic carbocycles. The van der Waals surface area contributed by atoms with Crippen LogP contribution in [0.1, 0.15) is 11.1 Å². The van der Waals surface area contributed by atoms with Crippen LogP contribution in [-0.4, -0.2) is 0 Å². The molecule has 0 amide bonds. The second-order valence-electron chi connectivity index (χ2n) is 9.99. The van der Waals surface area contributed by atoms with Crippen LogP contribution < -0.4 is 21.2 Å². The van der Waals surface area contributed by atoms with E-state index in [1.165, 1.54) is 5.06 Å². The second kappa shape index (κ2) is 12.7. The van der Waals surface area contributed by atoms with Gasteiger partial charge in [0.1, 0.15) is 0 Å². The summed E-state index contributed by atoms with van der Waals surface area (Å²) in [5, 5.41) is 5.77. The first kappa shape index (κ1) is 28.5. The summed E-state index contributed by atoms with van der Waals surface area (Å²) in [6.45, 7) is 0. The summed E-state index contributed by atoms with van der Waals surface area (Å²) in [5.74, 6) is 0. The molecule has 0 nitrogen and oxygen atoms in total. The van der Waals surface area contributed by atoms with Crippen LogP contribution in [0, 0.1) is 0 Å². The third-order valence-electron chi connectivity index (χ3n) is 7.42. The molecule has 0 aliphatic heterocycles. The van der Waals surface area contributed by atoms with Gasteiger partial charge in [-0.3, -0.25) is 0 Å². The lowest BCUT2D eigenvalue weighted by Crippen LogP contribution is -2.25. The average molecular weight is 613 g/mol. The zero-order valence-corrected chi connectivity index (χ0v) is 26.5. The monoisotopic (exact) mass is 612 g/mol. The first-order chi connectivity index (χ1) is 20.6. The topological polar surface area (TPSA) is 0 Å². The van der Waals surface area contributed by atoms with Crippen molar-refractivity contribution in [2.24, 2.45) is 0 Å². The molecule has 0 N–H and O–H groups in total. The van der Waals surface area contributed by atoms with Crippen LogP contribution in [0.15, 0.2) is 187 Å². The van der Waals surface area contributed by atoms with Gasteiger partial charge in [0.2, 0.25) is 0 Å². The van der Waals surface area contributed by atoms with Gasteiger partial charge in [-0.1, -0.05) is 206 Å². The third-order valence-corrected chi connectivity index (χ3v) is 19.4. The molecule has 0 aliphatic rings. The molecule has 0 bridgehead atoms. The lowest BCUT2D eigenvalue weighted by Gasteiger charge is -2.38. The van der Waals surface area contributed by atoms with Gasteiger partial charge in [-0.05, 0) is 37.9 Å². The highest BCUT2D eigenvalue weighted by Crippen LogP contribution is 2.72. The van der Waals surface area contributed by atoms with Crippen LogP contribution in [0.2, 0.25) is 0 Å². The highest BCUT2D eigenvalue weighted by Gasteiger charge is 2.41. The molecule has 0 radical (unpaired) electrons. The minimum absolute atomic E-state index is 1.13. The fourth-order valence-electron chi connectivity index (χ4n) is 5.49. The Morgan fingerprint density at radius 1 is 0.310 bits per heavy atom. The Labute approximate surface area is 259 Å². The molecule has 0 aromatic heterocycles. The van der Waals surface area contributed by atoms with Crippen molar-refractivity contribution in [2.75, 3.05) is 0 Å². The van der Waals surface area contributed by atoms with Crippen molar-refractivity contribution in [1.82, 2.24) is 0 Å². The Hall–Kier alpha value is -3.64. The second-order valence-corrected chi connectivity index (χ2v) is 19.0. The molecule has 6 aromatic rings. The van der Waals surface area contributed by atoms with Gasteiger partial charge in [-0.25, -0.2) is 0 Å². The standard InChI is InChI=1S/C38H30P2S2/c41-39(33-23-11-3-12-24-33,34-25-13-4-14-26-34)38(37(31-19-7-1-8-20-31)32-21-9-2-10-22-32)40(42,35-27-15-5-16-28-35)36-29-17-6-18-30-36/h1-30H. The van der Waals surface area contributed by atoms with Gasteiger partial charge < -0.3 is 0 Å². The molecule has 0 saturated heterocycles. The Bertz CT molecular complexity index is 1660. The van der Waals surface area contributed by atoms with Crippen molar-refractivity contribution < 1.29 is 0 Å². The highest BCUT2D eigenvalue weighted by molar-refractivity contribution is 8.35. The SMILES string of the molecule is S=P(C(=C(c1ccccc1)c1ccccc1)P(=S)(c1ccccc1)c1ccccc1)(c1ccccc1)c1ccccc1. The Kier molecular flexibility index (Phi) is 8.61. The maximum atomic E-state index is 7.20. The molecule has 204 valence electrons. The van der Waals surface area contributed by atoms with E-state index in [1.54, 1.807) is 0 Å². The minimum atomic E-state index is -2.72. The summed E-state index contributed by atoms with van der Waals surface area (Å²) in [4.78, 5) is 0. The van der Waals surface area contributed by atoms with Crippen LogP contribution in [-0.2, 0) is 23.6 Å². The Balaban J connectivity index is 1.90. The Morgan fingerprint density at radius 3 is 0.762 bits per heavy atom. The van der Waals surface area contributed by atoms with E-state index in [9.17, 15) is 0 Å². The number of hydrogen-bond acceptors (Lipinski definition) is 2. The maximum absolute atomic E-state index is 7.20. The molecule has 6 aromatic carbocycles. The van der Waals surface area contributed by atoms with Crippen LogP contribution in [0.25, 0.3) is 5.57 Å². The lowest BCUT2D eigenvalue weighted by molar-refractivity contribution is 1.55. The largest absolute Gasteiger partial charge is 0.0825 e. The van der Waals surface area contributed by atoms with E-state index in [1.807, 2.05) is 0 Å². The Morgan fingerprint density at radius 2 is 0.524 bits per heavy atom. The van der Waals surface area contributed by atoms with Crippen LogP contribution >= 0.6 is 12.1 Å². The molecular weight excluding hydrogens is 583 g/mol. The summed E-state index contributed by atoms with van der Waals surface area (Å²) in [7, 11) is 0. The zero-order chi connectivity index (χ0) is 28.8. The van der Waals surface area contributed by atoms with Gasteiger partial charge in [0.25, 0.3) is 0 Å². The van der Waals surface area contributed by atoms with E-state index < -0.39 is 12.1 Å². The number of benzene rings is 6. The average Bonchev–Trinajstić information content (AvgIpc) is 3.09. The van der Waals surface area contributed by atoms with E-state index in [0.29, 0.717) is 0 Å². The van der Waals surface area contributed by atoms with Crippen molar-refractivity contribution in [3.63, 3.8) is 0 Å². The fraction of sp³-hybridized carbons (Fsp3) is 0. The van der Waals surface area contributed by atoms with Crippen molar-refractivity contribution in [2.45, 2.75) is 0 Å². The van der Waals surface area contributed by atoms with Gasteiger partial charge in [0, 0.05) is 17.1 Å². The fourth-order valence-corrected chi connectivity index (χ4v) is 18.2. The summed E-state index contributed by atoms with van der Waals surface area (Å²) in [6.07, 6.45) is 0. The van der Waals surface area contributed by atoms with Gasteiger partial charge >= 0.3 is 0 Å². The van der Waals surface area contributed by atoms with E-state index >= 15 is 0 Å². The highest BCUT2D eigenvalue weighted by atomic mass is 32.5. The first-order valence-electron chi connectivity index (χ1n) is 13.9. The maximum Gasteiger partial charge on any atom is 0.0403 e. The minimum Gasteiger partial charge on any atom is -0.0825 e. The molecule has 0 heterocycles. The van der Waals surface area contributed by atoms with Gasteiger partial charge in [0.05, 0.1) is 0 Å². The van der Waals surface area contributed by atoms with Crippen LogP contribution in [0.4, 0.5) is 0 Å². The summed E-state index contributed by atoms with van der Waals surface area (Å²) in [6, 6.07) is 58.7. The molecule has 6 rings (SSSR count). The number of rotatable bonds is 8. The van der Waals surface area contributed by atoms with E-state index in [-0.39, 0.29) is 0 Å². The van der Waals surface area contributed by atoms with Crippen molar-refractivity contribution in [1.29, 1.82) is 0 Å². The molecule has 0 spiro atoms. The smallest absolute Gasteiger partial charge is 0.0403 e. The predicted molar refractivity (Wildman–Crippen MR) is 192 cm³/mol. The first-order valence-corrected chi connectivity index (χ1v) is 19.5. The van der Waals surface area contributed by atoms with Crippen molar-refractivity contribution in [3.8, 4) is 0 Å². The normalized spacial score (nSPS) is 11.5. The van der Waals surface area contributed by atoms with E-state index in [4.69, 9.17) is 23.6 Å². The van der Waals surface area contributed by atoms with Crippen LogP contribution in [0.3, 0.4) is 0 Å². The summed E-state index contributed by atoms with van der Waals surface area (Å²) in [5.41, 5.74) is 3.39. The van der Waals surface area contributed by atoms with E-state index in [0.717, 1.165) is 37.9 Å². The van der Waals surface area contributed by atoms with Gasteiger partial charge in [0.15, 0.2) is 0 Å². The molecule has 0 saturated carbocycles. The van der Waals surface area contributed by atoms with Gasteiger partial charge in [-0.15, -0.1) is 0 Å². The molecule has 42 heavy (non-hydrogen) atoms. The lowest BCUT2D eigenvalue weighted by atomic mass is 10.00. The molecule has 4 heteroatoms. The quantitative estimate of drug-likeness (QED) is 0.158.